The number of halogens is 3. The fraction of sp³-hybridized carbons (Fsp3) is 1.00. The van der Waals surface area contributed by atoms with Crippen molar-refractivity contribution in [1.82, 2.24) is 0 Å². The van der Waals surface area contributed by atoms with Gasteiger partial charge in [0.2, 0.25) is 0 Å². The molecule has 4 fully saturated rings. The van der Waals surface area contributed by atoms with E-state index in [0.29, 0.717) is 41.9 Å². The molecule has 0 saturated heterocycles. The fourth-order valence-electron chi connectivity index (χ4n) is 8.63. The number of rotatable bonds is 4. The van der Waals surface area contributed by atoms with Crippen molar-refractivity contribution < 1.29 is 56.1 Å². The van der Waals surface area contributed by atoms with E-state index < -0.39 is 12.1 Å². The first-order valence-electron chi connectivity index (χ1n) is 11.8. The molecule has 0 bridgehead atoms. The van der Waals surface area contributed by atoms with Crippen LogP contribution in [0.4, 0.5) is 13.2 Å². The Morgan fingerprint density at radius 1 is 0.967 bits per heavy atom. The minimum atomic E-state index is -3.98. The molecule has 0 amide bonds. The summed E-state index contributed by atoms with van der Waals surface area (Å²) in [6.07, 6.45) is 6.29. The van der Waals surface area contributed by atoms with Gasteiger partial charge in [-0.15, -0.1) is 0 Å². The first-order chi connectivity index (χ1) is 13.3. The molecule has 0 heterocycles. The second kappa shape index (κ2) is 10.4. The van der Waals surface area contributed by atoms with Gasteiger partial charge in [0.15, 0.2) is 0 Å². The molecule has 4 rings (SSSR count). The van der Waals surface area contributed by atoms with Crippen molar-refractivity contribution in [3.8, 4) is 0 Å². The molecule has 30 heavy (non-hydrogen) atoms. The first-order valence-corrected chi connectivity index (χ1v) is 11.8. The average molecular weight is 507 g/mol. The molecule has 4 aliphatic carbocycles. The Morgan fingerprint density at radius 2 is 1.67 bits per heavy atom. The summed E-state index contributed by atoms with van der Waals surface area (Å²) < 4.78 is 45.1. The van der Waals surface area contributed by atoms with Crippen LogP contribution in [0.25, 0.3) is 0 Å². The molecule has 0 aliphatic heterocycles. The number of fused-ring (bicyclic) bond motifs is 5. The van der Waals surface area contributed by atoms with Gasteiger partial charge in [0.1, 0.15) is 0 Å². The molecule has 0 aromatic rings. The van der Waals surface area contributed by atoms with E-state index in [2.05, 4.69) is 13.8 Å². The maximum absolute atomic E-state index is 13.3. The third-order valence-electron chi connectivity index (χ3n) is 9.95. The van der Waals surface area contributed by atoms with Gasteiger partial charge in [-0.2, -0.15) is 13.2 Å². The van der Waals surface area contributed by atoms with Gasteiger partial charge in [-0.25, -0.2) is 0 Å². The van der Waals surface area contributed by atoms with E-state index in [1.54, 1.807) is 7.11 Å². The number of hydrogen-bond acceptors (Lipinski definition) is 1. The van der Waals surface area contributed by atoms with Crippen molar-refractivity contribution >= 4 is 0 Å². The van der Waals surface area contributed by atoms with Crippen LogP contribution in [0.15, 0.2) is 0 Å². The van der Waals surface area contributed by atoms with E-state index in [1.165, 1.54) is 32.1 Å². The Balaban J connectivity index is 0.00000160. The van der Waals surface area contributed by atoms with Crippen LogP contribution in [0, 0.1) is 52.8 Å². The van der Waals surface area contributed by atoms with Crippen LogP contribution < -0.4 is 0 Å². The van der Waals surface area contributed by atoms with Crippen molar-refractivity contribution in [2.45, 2.75) is 84.2 Å². The average Bonchev–Trinajstić information content (AvgIpc) is 3.02. The van der Waals surface area contributed by atoms with Crippen molar-refractivity contribution in [2.24, 2.45) is 52.8 Å². The van der Waals surface area contributed by atoms with Crippen molar-refractivity contribution in [3.63, 3.8) is 0 Å². The molecule has 2 nitrogen and oxygen atoms in total. The Labute approximate surface area is 206 Å². The summed E-state index contributed by atoms with van der Waals surface area (Å²) in [5, 5.41) is 0. The number of hydrogen-bond donors (Lipinski definition) is 0. The molecule has 0 aromatic carbocycles. The summed E-state index contributed by atoms with van der Waals surface area (Å²) in [5.74, 6) is 3.69. The molecular formula is C24H41F3O2Y. The van der Waals surface area contributed by atoms with Crippen molar-refractivity contribution in [3.05, 3.63) is 0 Å². The van der Waals surface area contributed by atoms with Gasteiger partial charge >= 0.3 is 6.18 Å². The standard InChI is InChI=1S/C24H39F3O.H2O.Y/c1-15(11-13-28-3)21-8-9-22-20-6-4-16-14-17(24(25,26)27)5-7-18(16)19(20)10-12-23(21,22)2;;/h15-22H,4-14H2,1-3H3;1H2;/t15-,16?,17?,18?,19?,20?,21?,22?,23?;;/m1../s1. The maximum Gasteiger partial charge on any atom is 0.391 e. The van der Waals surface area contributed by atoms with Gasteiger partial charge in [-0.1, -0.05) is 13.8 Å². The maximum atomic E-state index is 13.3. The minimum absolute atomic E-state index is 0. The van der Waals surface area contributed by atoms with Crippen LogP contribution in [0.2, 0.25) is 0 Å². The first kappa shape index (κ1) is 27.1. The van der Waals surface area contributed by atoms with Gasteiger partial charge in [-0.05, 0) is 111 Å². The summed E-state index contributed by atoms with van der Waals surface area (Å²) in [5.41, 5.74) is 0.449. The molecule has 173 valence electrons. The third-order valence-corrected chi connectivity index (χ3v) is 9.95. The second-order valence-corrected chi connectivity index (χ2v) is 11.0. The van der Waals surface area contributed by atoms with E-state index >= 15 is 0 Å². The van der Waals surface area contributed by atoms with E-state index in [9.17, 15) is 13.2 Å². The number of alkyl halides is 3. The summed E-state index contributed by atoms with van der Waals surface area (Å²) in [7, 11) is 1.79. The zero-order valence-electron chi connectivity index (χ0n) is 19.0. The molecule has 9 atom stereocenters. The number of ether oxygens (including phenoxy) is 1. The zero-order valence-corrected chi connectivity index (χ0v) is 21.9. The van der Waals surface area contributed by atoms with Crippen LogP contribution >= 0.6 is 0 Å². The van der Waals surface area contributed by atoms with Crippen LogP contribution in [0.5, 0.6) is 0 Å². The molecule has 4 aliphatic rings. The van der Waals surface area contributed by atoms with E-state index in [-0.39, 0.29) is 38.2 Å². The largest absolute Gasteiger partial charge is 0.412 e. The number of methoxy groups -OCH3 is 1. The SMILES string of the molecule is COCC[C@@H](C)C1CCC2C3CCC4CC(C(F)(F)F)CCC4C3CCC21C.O.[Y]. The van der Waals surface area contributed by atoms with Crippen LogP contribution in [-0.2, 0) is 37.4 Å². The monoisotopic (exact) mass is 507 g/mol. The van der Waals surface area contributed by atoms with Crippen molar-refractivity contribution in [1.29, 1.82) is 0 Å². The molecule has 8 unspecified atom stereocenters. The fourth-order valence-corrected chi connectivity index (χ4v) is 8.63. The molecule has 0 spiro atoms. The predicted octanol–water partition coefficient (Wildman–Crippen LogP) is 6.28. The molecule has 1 radical (unpaired) electrons. The van der Waals surface area contributed by atoms with Gasteiger partial charge in [-0.3, -0.25) is 0 Å². The summed E-state index contributed by atoms with van der Waals surface area (Å²) in [4.78, 5) is 0. The Morgan fingerprint density at radius 3 is 2.33 bits per heavy atom. The van der Waals surface area contributed by atoms with E-state index in [0.717, 1.165) is 43.6 Å². The Hall–Kier alpha value is 0.814. The Bertz CT molecular complexity index is 557. The summed E-state index contributed by atoms with van der Waals surface area (Å²) in [6, 6.07) is 0. The van der Waals surface area contributed by atoms with Crippen LogP contribution in [0.3, 0.4) is 0 Å². The van der Waals surface area contributed by atoms with E-state index in [4.69, 9.17) is 4.74 Å². The third kappa shape index (κ3) is 4.85. The van der Waals surface area contributed by atoms with Gasteiger partial charge in [0, 0.05) is 46.4 Å². The van der Waals surface area contributed by atoms with Gasteiger partial charge in [0.05, 0.1) is 5.92 Å². The normalized spacial score (nSPS) is 44.0. The van der Waals surface area contributed by atoms with Gasteiger partial charge in [0.25, 0.3) is 0 Å². The zero-order chi connectivity index (χ0) is 20.1. The Kier molecular flexibility index (Phi) is 9.37. The molecule has 2 N–H and O–H groups in total. The van der Waals surface area contributed by atoms with Crippen molar-refractivity contribution in [2.75, 3.05) is 13.7 Å². The van der Waals surface area contributed by atoms with Crippen LogP contribution in [-0.4, -0.2) is 25.4 Å². The quantitative estimate of drug-likeness (QED) is 0.442. The molecule has 6 heteroatoms. The van der Waals surface area contributed by atoms with Crippen LogP contribution in [0.1, 0.15) is 78.1 Å². The smallest absolute Gasteiger partial charge is 0.391 e. The van der Waals surface area contributed by atoms with Gasteiger partial charge < -0.3 is 10.2 Å². The summed E-state index contributed by atoms with van der Waals surface area (Å²) >= 11 is 0. The predicted molar refractivity (Wildman–Crippen MR) is 109 cm³/mol. The second-order valence-electron chi connectivity index (χ2n) is 11.0. The topological polar surface area (TPSA) is 40.7 Å². The molecular weight excluding hydrogens is 466 g/mol. The summed E-state index contributed by atoms with van der Waals surface area (Å²) in [6.45, 7) is 5.83. The molecule has 4 saturated carbocycles. The minimum Gasteiger partial charge on any atom is -0.412 e. The van der Waals surface area contributed by atoms with E-state index in [1.807, 2.05) is 0 Å². The molecule has 0 aromatic heterocycles.